The Bertz CT molecular complexity index is 378. The largest absolute Gasteiger partial charge is 0.379 e. The summed E-state index contributed by atoms with van der Waals surface area (Å²) in [5.41, 5.74) is 2.28. The summed E-state index contributed by atoms with van der Waals surface area (Å²) in [6.07, 6.45) is 0. The molecule has 1 fully saturated rings. The lowest BCUT2D eigenvalue weighted by atomic mass is 10.1. The number of morpholine rings is 1. The van der Waals surface area contributed by atoms with E-state index in [1.165, 1.54) is 5.56 Å². The summed E-state index contributed by atoms with van der Waals surface area (Å²) in [5.74, 6) is 0. The van der Waals surface area contributed by atoms with Crippen LogP contribution in [0.4, 0.5) is 0 Å². The highest BCUT2D eigenvalue weighted by atomic mass is 35.5. The summed E-state index contributed by atoms with van der Waals surface area (Å²) < 4.78 is 11.0. The number of aryl methyl sites for hydroxylation is 1. The van der Waals surface area contributed by atoms with Gasteiger partial charge in [0.25, 0.3) is 0 Å². The van der Waals surface area contributed by atoms with Crippen LogP contribution in [0.1, 0.15) is 11.1 Å². The summed E-state index contributed by atoms with van der Waals surface area (Å²) in [5, 5.41) is 0.812. The molecule has 3 nitrogen and oxygen atoms in total. The first-order chi connectivity index (χ1) is 8.75. The van der Waals surface area contributed by atoms with Gasteiger partial charge in [0, 0.05) is 24.7 Å². The van der Waals surface area contributed by atoms with Gasteiger partial charge in [0.05, 0.1) is 26.4 Å². The molecule has 100 valence electrons. The van der Waals surface area contributed by atoms with Gasteiger partial charge in [-0.1, -0.05) is 23.7 Å². The van der Waals surface area contributed by atoms with E-state index in [-0.39, 0.29) is 0 Å². The second-order valence-corrected chi connectivity index (χ2v) is 5.00. The average Bonchev–Trinajstić information content (AvgIpc) is 2.40. The average molecular weight is 270 g/mol. The quantitative estimate of drug-likeness (QED) is 0.767. The summed E-state index contributed by atoms with van der Waals surface area (Å²) in [4.78, 5) is 2.37. The number of benzene rings is 1. The smallest absolute Gasteiger partial charge is 0.0717 e. The van der Waals surface area contributed by atoms with Crippen LogP contribution in [-0.4, -0.2) is 44.4 Å². The van der Waals surface area contributed by atoms with Crippen molar-refractivity contribution in [2.24, 2.45) is 0 Å². The van der Waals surface area contributed by atoms with Gasteiger partial charge in [-0.25, -0.2) is 0 Å². The molecule has 1 saturated heterocycles. The summed E-state index contributed by atoms with van der Waals surface area (Å²) in [7, 11) is 0. The molecule has 0 spiro atoms. The lowest BCUT2D eigenvalue weighted by Gasteiger charge is -2.26. The van der Waals surface area contributed by atoms with Crippen molar-refractivity contribution in [3.8, 4) is 0 Å². The van der Waals surface area contributed by atoms with Crippen molar-refractivity contribution in [2.45, 2.75) is 13.5 Å². The zero-order valence-electron chi connectivity index (χ0n) is 10.8. The molecule has 1 aliphatic rings. The summed E-state index contributed by atoms with van der Waals surface area (Å²) >= 11 is 5.98. The molecule has 0 aromatic heterocycles. The van der Waals surface area contributed by atoms with Crippen molar-refractivity contribution in [3.05, 3.63) is 34.3 Å². The predicted molar refractivity (Wildman–Crippen MR) is 73.1 cm³/mol. The van der Waals surface area contributed by atoms with Crippen LogP contribution in [0.2, 0.25) is 5.02 Å². The standard InChI is InChI=1S/C14H20ClNO2/c1-12-10-13(2-3-14(12)15)11-18-9-6-16-4-7-17-8-5-16/h2-3,10H,4-9,11H2,1H3. The molecule has 1 aliphatic heterocycles. The van der Waals surface area contributed by atoms with Crippen LogP contribution >= 0.6 is 11.6 Å². The number of halogens is 1. The molecular formula is C14H20ClNO2. The molecule has 1 aromatic carbocycles. The lowest BCUT2D eigenvalue weighted by molar-refractivity contribution is 0.0180. The van der Waals surface area contributed by atoms with E-state index in [4.69, 9.17) is 21.1 Å². The number of hydrogen-bond donors (Lipinski definition) is 0. The third-order valence-corrected chi connectivity index (χ3v) is 3.57. The maximum Gasteiger partial charge on any atom is 0.0717 e. The topological polar surface area (TPSA) is 21.7 Å². The maximum atomic E-state index is 5.98. The van der Waals surface area contributed by atoms with Gasteiger partial charge in [-0.15, -0.1) is 0 Å². The molecule has 0 radical (unpaired) electrons. The summed E-state index contributed by atoms with van der Waals surface area (Å²) in [6, 6.07) is 6.03. The molecule has 1 aromatic rings. The molecule has 2 rings (SSSR count). The van der Waals surface area contributed by atoms with E-state index in [1.807, 2.05) is 19.1 Å². The van der Waals surface area contributed by atoms with E-state index >= 15 is 0 Å². The second-order valence-electron chi connectivity index (χ2n) is 4.59. The van der Waals surface area contributed by atoms with Gasteiger partial charge >= 0.3 is 0 Å². The van der Waals surface area contributed by atoms with Crippen LogP contribution < -0.4 is 0 Å². The van der Waals surface area contributed by atoms with Crippen molar-refractivity contribution in [2.75, 3.05) is 39.5 Å². The first-order valence-electron chi connectivity index (χ1n) is 6.38. The third kappa shape index (κ3) is 4.25. The van der Waals surface area contributed by atoms with Gasteiger partial charge in [-0.2, -0.15) is 0 Å². The Kier molecular flexibility index (Phi) is 5.45. The van der Waals surface area contributed by atoms with E-state index in [9.17, 15) is 0 Å². The Morgan fingerprint density at radius 1 is 1.33 bits per heavy atom. The number of hydrogen-bond acceptors (Lipinski definition) is 3. The van der Waals surface area contributed by atoms with Crippen LogP contribution in [0.25, 0.3) is 0 Å². The number of ether oxygens (including phenoxy) is 2. The number of rotatable bonds is 5. The van der Waals surface area contributed by atoms with Crippen molar-refractivity contribution in [1.82, 2.24) is 4.90 Å². The van der Waals surface area contributed by atoms with Crippen molar-refractivity contribution >= 4 is 11.6 Å². The van der Waals surface area contributed by atoms with Crippen LogP contribution in [0.5, 0.6) is 0 Å². The Morgan fingerprint density at radius 2 is 2.11 bits per heavy atom. The van der Waals surface area contributed by atoms with Crippen LogP contribution in [0.15, 0.2) is 18.2 Å². The van der Waals surface area contributed by atoms with E-state index in [2.05, 4.69) is 11.0 Å². The second kappa shape index (κ2) is 7.10. The number of nitrogens with zero attached hydrogens (tertiary/aromatic N) is 1. The first-order valence-corrected chi connectivity index (χ1v) is 6.76. The van der Waals surface area contributed by atoms with E-state index in [0.717, 1.165) is 50.0 Å². The van der Waals surface area contributed by atoms with Gasteiger partial charge in [-0.3, -0.25) is 4.90 Å². The summed E-state index contributed by atoms with van der Waals surface area (Å²) in [6.45, 7) is 8.14. The Hall–Kier alpha value is -0.610. The Morgan fingerprint density at radius 3 is 2.83 bits per heavy atom. The molecule has 0 bridgehead atoms. The fourth-order valence-corrected chi connectivity index (χ4v) is 2.12. The highest BCUT2D eigenvalue weighted by molar-refractivity contribution is 6.31. The molecule has 0 unspecified atom stereocenters. The Balaban J connectivity index is 1.66. The highest BCUT2D eigenvalue weighted by Crippen LogP contribution is 2.16. The minimum absolute atomic E-state index is 0.655. The van der Waals surface area contributed by atoms with Crippen molar-refractivity contribution in [3.63, 3.8) is 0 Å². The molecule has 18 heavy (non-hydrogen) atoms. The van der Waals surface area contributed by atoms with Crippen molar-refractivity contribution < 1.29 is 9.47 Å². The van der Waals surface area contributed by atoms with Gasteiger partial charge in [0.1, 0.15) is 0 Å². The zero-order valence-corrected chi connectivity index (χ0v) is 11.6. The van der Waals surface area contributed by atoms with E-state index in [1.54, 1.807) is 0 Å². The van der Waals surface area contributed by atoms with Gasteiger partial charge < -0.3 is 9.47 Å². The molecule has 0 amide bonds. The molecule has 1 heterocycles. The van der Waals surface area contributed by atoms with Crippen LogP contribution in [0.3, 0.4) is 0 Å². The first kappa shape index (κ1) is 13.8. The monoisotopic (exact) mass is 269 g/mol. The molecule has 0 atom stereocenters. The fourth-order valence-electron chi connectivity index (χ4n) is 2.01. The molecular weight excluding hydrogens is 250 g/mol. The SMILES string of the molecule is Cc1cc(COCCN2CCOCC2)ccc1Cl. The van der Waals surface area contributed by atoms with Crippen LogP contribution in [0, 0.1) is 6.92 Å². The molecule has 0 N–H and O–H groups in total. The Labute approximate surface area is 114 Å². The minimum atomic E-state index is 0.655. The van der Waals surface area contributed by atoms with E-state index in [0.29, 0.717) is 6.61 Å². The normalized spacial score (nSPS) is 17.0. The zero-order chi connectivity index (χ0) is 12.8. The molecule has 4 heteroatoms. The van der Waals surface area contributed by atoms with Crippen LogP contribution in [-0.2, 0) is 16.1 Å². The third-order valence-electron chi connectivity index (χ3n) is 3.15. The lowest BCUT2D eigenvalue weighted by Crippen LogP contribution is -2.38. The molecule has 0 saturated carbocycles. The maximum absolute atomic E-state index is 5.98. The van der Waals surface area contributed by atoms with Gasteiger partial charge in [-0.05, 0) is 24.1 Å². The highest BCUT2D eigenvalue weighted by Gasteiger charge is 2.09. The molecule has 0 aliphatic carbocycles. The predicted octanol–water partition coefficient (Wildman–Crippen LogP) is 2.50. The van der Waals surface area contributed by atoms with Crippen molar-refractivity contribution in [1.29, 1.82) is 0 Å². The van der Waals surface area contributed by atoms with Gasteiger partial charge in [0.15, 0.2) is 0 Å². The van der Waals surface area contributed by atoms with E-state index < -0.39 is 0 Å². The minimum Gasteiger partial charge on any atom is -0.379 e. The van der Waals surface area contributed by atoms with Gasteiger partial charge in [0.2, 0.25) is 0 Å². The fraction of sp³-hybridized carbons (Fsp3) is 0.571.